The SMILES string of the molecule is Cc1nc([C@@H](NC(=O)CSc2ccccc2C)C(C)C)n[nH]1. The van der Waals surface area contributed by atoms with Crippen LogP contribution in [0.25, 0.3) is 0 Å². The monoisotopic (exact) mass is 318 g/mol. The van der Waals surface area contributed by atoms with Crippen molar-refractivity contribution in [2.45, 2.75) is 38.6 Å². The van der Waals surface area contributed by atoms with Gasteiger partial charge in [0.2, 0.25) is 5.91 Å². The van der Waals surface area contributed by atoms with Crippen molar-refractivity contribution in [1.82, 2.24) is 20.5 Å². The van der Waals surface area contributed by atoms with E-state index in [1.165, 1.54) is 5.56 Å². The summed E-state index contributed by atoms with van der Waals surface area (Å²) in [6.07, 6.45) is 0. The number of nitrogens with zero attached hydrogens (tertiary/aromatic N) is 2. The Hall–Kier alpha value is -1.82. The third-order valence-corrected chi connectivity index (χ3v) is 4.50. The minimum atomic E-state index is -0.171. The summed E-state index contributed by atoms with van der Waals surface area (Å²) in [5.74, 6) is 2.00. The molecule has 1 heterocycles. The first-order valence-electron chi connectivity index (χ1n) is 7.34. The molecule has 2 rings (SSSR count). The maximum absolute atomic E-state index is 12.2. The topological polar surface area (TPSA) is 70.7 Å². The Balaban J connectivity index is 1.96. The molecular formula is C16H22N4OS. The van der Waals surface area contributed by atoms with Gasteiger partial charge in [0.15, 0.2) is 5.82 Å². The predicted molar refractivity (Wildman–Crippen MR) is 88.7 cm³/mol. The van der Waals surface area contributed by atoms with Gasteiger partial charge >= 0.3 is 0 Å². The molecule has 0 saturated carbocycles. The van der Waals surface area contributed by atoms with Crippen molar-refractivity contribution in [2.24, 2.45) is 5.92 Å². The molecule has 0 unspecified atom stereocenters. The van der Waals surface area contributed by atoms with E-state index in [1.807, 2.05) is 52.0 Å². The molecule has 0 bridgehead atoms. The zero-order chi connectivity index (χ0) is 16.1. The molecule has 0 aliphatic heterocycles. The second kappa shape index (κ2) is 7.45. The van der Waals surface area contributed by atoms with Gasteiger partial charge in [0, 0.05) is 4.90 Å². The lowest BCUT2D eigenvalue weighted by molar-refractivity contribution is -0.119. The molecule has 5 nitrogen and oxygen atoms in total. The standard InChI is InChI=1S/C16H22N4OS/c1-10(2)15(16-17-12(4)19-20-16)18-14(21)9-22-13-8-6-5-7-11(13)3/h5-8,10,15H,9H2,1-4H3,(H,18,21)(H,17,19,20)/t15-/m0/s1. The highest BCUT2D eigenvalue weighted by Crippen LogP contribution is 2.23. The van der Waals surface area contributed by atoms with Crippen LogP contribution >= 0.6 is 11.8 Å². The van der Waals surface area contributed by atoms with Crippen molar-refractivity contribution in [3.63, 3.8) is 0 Å². The van der Waals surface area contributed by atoms with E-state index < -0.39 is 0 Å². The quantitative estimate of drug-likeness (QED) is 0.803. The summed E-state index contributed by atoms with van der Waals surface area (Å²) < 4.78 is 0. The van der Waals surface area contributed by atoms with Crippen molar-refractivity contribution >= 4 is 17.7 Å². The Morgan fingerprint density at radius 1 is 1.32 bits per heavy atom. The number of H-pyrrole nitrogens is 1. The van der Waals surface area contributed by atoms with Gasteiger partial charge in [0.1, 0.15) is 5.82 Å². The van der Waals surface area contributed by atoms with Crippen LogP contribution in [-0.4, -0.2) is 26.8 Å². The van der Waals surface area contributed by atoms with Crippen molar-refractivity contribution in [3.05, 3.63) is 41.5 Å². The summed E-state index contributed by atoms with van der Waals surface area (Å²) in [7, 11) is 0. The van der Waals surface area contributed by atoms with Crippen molar-refractivity contribution in [1.29, 1.82) is 0 Å². The van der Waals surface area contributed by atoms with E-state index in [0.717, 1.165) is 10.7 Å². The number of carbonyl (C=O) groups excluding carboxylic acids is 1. The Kier molecular flexibility index (Phi) is 5.60. The first-order chi connectivity index (χ1) is 10.5. The maximum Gasteiger partial charge on any atom is 0.230 e. The molecule has 118 valence electrons. The average Bonchev–Trinajstić information content (AvgIpc) is 2.90. The summed E-state index contributed by atoms with van der Waals surface area (Å²) in [6, 6.07) is 7.90. The van der Waals surface area contributed by atoms with Crippen LogP contribution in [0.5, 0.6) is 0 Å². The summed E-state index contributed by atoms with van der Waals surface area (Å²) in [5, 5.41) is 10.0. The Morgan fingerprint density at radius 2 is 2.05 bits per heavy atom. The number of carbonyl (C=O) groups is 1. The van der Waals surface area contributed by atoms with E-state index in [-0.39, 0.29) is 17.9 Å². The molecule has 1 aromatic carbocycles. The second-order valence-corrected chi connectivity index (χ2v) is 6.64. The summed E-state index contributed by atoms with van der Waals surface area (Å²) in [4.78, 5) is 17.7. The lowest BCUT2D eigenvalue weighted by Crippen LogP contribution is -2.33. The fourth-order valence-electron chi connectivity index (χ4n) is 2.11. The van der Waals surface area contributed by atoms with Gasteiger partial charge < -0.3 is 5.32 Å². The number of amides is 1. The molecule has 0 saturated heterocycles. The molecule has 1 atom stereocenters. The Bertz CT molecular complexity index is 639. The van der Waals surface area contributed by atoms with Gasteiger partial charge in [-0.25, -0.2) is 4.98 Å². The van der Waals surface area contributed by atoms with Crippen LogP contribution in [-0.2, 0) is 4.79 Å². The fourth-order valence-corrected chi connectivity index (χ4v) is 2.95. The normalized spacial score (nSPS) is 12.4. The van der Waals surface area contributed by atoms with E-state index >= 15 is 0 Å². The van der Waals surface area contributed by atoms with Crippen LogP contribution in [0, 0.1) is 19.8 Å². The van der Waals surface area contributed by atoms with Crippen LogP contribution in [0.1, 0.15) is 37.1 Å². The number of thioether (sulfide) groups is 1. The third-order valence-electron chi connectivity index (χ3n) is 3.33. The third kappa shape index (κ3) is 4.34. The largest absolute Gasteiger partial charge is 0.345 e. The molecule has 1 aromatic heterocycles. The number of nitrogens with one attached hydrogen (secondary N) is 2. The summed E-state index contributed by atoms with van der Waals surface area (Å²) in [6.45, 7) is 7.99. The molecule has 1 amide bonds. The minimum Gasteiger partial charge on any atom is -0.345 e. The number of aryl methyl sites for hydroxylation is 2. The highest BCUT2D eigenvalue weighted by atomic mass is 32.2. The number of rotatable bonds is 6. The van der Waals surface area contributed by atoms with Crippen LogP contribution in [0.2, 0.25) is 0 Å². The molecular weight excluding hydrogens is 296 g/mol. The van der Waals surface area contributed by atoms with Gasteiger partial charge in [-0.15, -0.1) is 11.8 Å². The van der Waals surface area contributed by atoms with Gasteiger partial charge in [-0.05, 0) is 31.4 Å². The summed E-state index contributed by atoms with van der Waals surface area (Å²) in [5.41, 5.74) is 1.19. The number of hydrogen-bond donors (Lipinski definition) is 2. The van der Waals surface area contributed by atoms with Crippen molar-refractivity contribution in [2.75, 3.05) is 5.75 Å². The van der Waals surface area contributed by atoms with Crippen molar-refractivity contribution in [3.8, 4) is 0 Å². The second-order valence-electron chi connectivity index (χ2n) is 5.62. The van der Waals surface area contributed by atoms with Gasteiger partial charge in [-0.2, -0.15) is 5.10 Å². The van der Waals surface area contributed by atoms with Gasteiger partial charge in [-0.3, -0.25) is 9.89 Å². The number of aromatic amines is 1. The van der Waals surface area contributed by atoms with E-state index in [0.29, 0.717) is 11.6 Å². The fraction of sp³-hybridized carbons (Fsp3) is 0.438. The lowest BCUT2D eigenvalue weighted by Gasteiger charge is -2.19. The highest BCUT2D eigenvalue weighted by Gasteiger charge is 2.22. The number of benzene rings is 1. The molecule has 2 aromatic rings. The molecule has 6 heteroatoms. The molecule has 0 aliphatic rings. The van der Waals surface area contributed by atoms with Gasteiger partial charge in [0.05, 0.1) is 11.8 Å². The molecule has 22 heavy (non-hydrogen) atoms. The van der Waals surface area contributed by atoms with E-state index in [4.69, 9.17) is 0 Å². The van der Waals surface area contributed by atoms with E-state index in [9.17, 15) is 4.79 Å². The van der Waals surface area contributed by atoms with Crippen LogP contribution in [0.3, 0.4) is 0 Å². The Morgan fingerprint density at radius 3 is 2.64 bits per heavy atom. The number of hydrogen-bond acceptors (Lipinski definition) is 4. The van der Waals surface area contributed by atoms with Crippen molar-refractivity contribution < 1.29 is 4.79 Å². The summed E-state index contributed by atoms with van der Waals surface area (Å²) >= 11 is 1.55. The van der Waals surface area contributed by atoms with Gasteiger partial charge in [0.25, 0.3) is 0 Å². The zero-order valence-corrected chi connectivity index (χ0v) is 14.2. The highest BCUT2D eigenvalue weighted by molar-refractivity contribution is 8.00. The Labute approximate surface area is 135 Å². The minimum absolute atomic E-state index is 0.00518. The predicted octanol–water partition coefficient (Wildman–Crippen LogP) is 3.03. The van der Waals surface area contributed by atoms with E-state index in [1.54, 1.807) is 11.8 Å². The molecule has 2 N–H and O–H groups in total. The first-order valence-corrected chi connectivity index (χ1v) is 8.32. The molecule has 0 spiro atoms. The maximum atomic E-state index is 12.2. The molecule has 0 fully saturated rings. The molecule has 0 aliphatic carbocycles. The van der Waals surface area contributed by atoms with Gasteiger partial charge in [-0.1, -0.05) is 32.0 Å². The van der Waals surface area contributed by atoms with Crippen LogP contribution < -0.4 is 5.32 Å². The zero-order valence-electron chi connectivity index (χ0n) is 13.4. The molecule has 0 radical (unpaired) electrons. The van der Waals surface area contributed by atoms with E-state index in [2.05, 4.69) is 20.5 Å². The van der Waals surface area contributed by atoms with Crippen LogP contribution in [0.15, 0.2) is 29.2 Å². The first kappa shape index (κ1) is 16.5. The number of aromatic nitrogens is 3. The average molecular weight is 318 g/mol. The lowest BCUT2D eigenvalue weighted by atomic mass is 10.0. The smallest absolute Gasteiger partial charge is 0.230 e. The van der Waals surface area contributed by atoms with Crippen LogP contribution in [0.4, 0.5) is 0 Å².